The topological polar surface area (TPSA) is 125 Å². The molecule has 0 atom stereocenters. The zero-order valence-corrected chi connectivity index (χ0v) is 19.4. The first-order chi connectivity index (χ1) is 16.4. The van der Waals surface area contributed by atoms with Crippen molar-refractivity contribution in [1.29, 1.82) is 0 Å². The summed E-state index contributed by atoms with van der Waals surface area (Å²) >= 11 is 0. The van der Waals surface area contributed by atoms with Crippen LogP contribution in [-0.2, 0) is 34.0 Å². The van der Waals surface area contributed by atoms with Gasteiger partial charge in [-0.2, -0.15) is 18.2 Å². The first kappa shape index (κ1) is 24.3. The quantitative estimate of drug-likeness (QED) is 0.381. The van der Waals surface area contributed by atoms with Gasteiger partial charge in [0.25, 0.3) is 0 Å². The normalized spacial score (nSPS) is 13.2. The van der Waals surface area contributed by atoms with Crippen molar-refractivity contribution in [2.24, 2.45) is 0 Å². The smallest absolute Gasteiger partial charge is 0.365 e. The van der Waals surface area contributed by atoms with Crippen LogP contribution in [0.1, 0.15) is 22.3 Å². The predicted octanol–water partition coefficient (Wildman–Crippen LogP) is 4.03. The molecule has 2 aromatic carbocycles. The van der Waals surface area contributed by atoms with Gasteiger partial charge in [0.2, 0.25) is 21.9 Å². The summed E-state index contributed by atoms with van der Waals surface area (Å²) in [5, 5.41) is 8.21. The number of hydrogen-bond donors (Lipinski definition) is 4. The highest BCUT2D eigenvalue weighted by Crippen LogP contribution is 2.35. The Morgan fingerprint density at radius 3 is 2.63 bits per heavy atom. The molecule has 4 rings (SSSR count). The van der Waals surface area contributed by atoms with E-state index in [4.69, 9.17) is 0 Å². The molecule has 0 spiro atoms. The summed E-state index contributed by atoms with van der Waals surface area (Å²) in [6.07, 6.45) is -2.87. The largest absolute Gasteiger partial charge is 0.421 e. The molecule has 184 valence electrons. The van der Waals surface area contributed by atoms with E-state index in [9.17, 15) is 26.4 Å². The zero-order chi connectivity index (χ0) is 25.4. The van der Waals surface area contributed by atoms with E-state index in [0.29, 0.717) is 23.1 Å². The number of rotatable bonds is 7. The number of aromatic nitrogens is 2. The van der Waals surface area contributed by atoms with Crippen LogP contribution in [-0.4, -0.2) is 30.5 Å². The summed E-state index contributed by atoms with van der Waals surface area (Å²) in [5.41, 5.74) is 2.31. The first-order valence-corrected chi connectivity index (χ1v) is 12.2. The summed E-state index contributed by atoms with van der Waals surface area (Å²) in [6, 6.07) is 9.94. The third kappa shape index (κ3) is 5.98. The van der Waals surface area contributed by atoms with Crippen molar-refractivity contribution in [2.75, 3.05) is 26.9 Å². The molecule has 1 aromatic heterocycles. The number of sulfonamides is 1. The Balaban J connectivity index is 1.60. The van der Waals surface area contributed by atoms with Gasteiger partial charge in [-0.3, -0.25) is 9.52 Å². The number of amides is 1. The molecule has 0 bridgehead atoms. The van der Waals surface area contributed by atoms with E-state index in [0.717, 1.165) is 17.4 Å². The molecule has 0 saturated carbocycles. The van der Waals surface area contributed by atoms with Crippen molar-refractivity contribution in [1.82, 2.24) is 9.97 Å². The fourth-order valence-electron chi connectivity index (χ4n) is 3.54. The van der Waals surface area contributed by atoms with Crippen molar-refractivity contribution in [2.45, 2.75) is 26.1 Å². The molecule has 0 unspecified atom stereocenters. The van der Waals surface area contributed by atoms with Crippen LogP contribution in [0.3, 0.4) is 0 Å². The van der Waals surface area contributed by atoms with E-state index >= 15 is 0 Å². The highest BCUT2D eigenvalue weighted by Gasteiger charge is 2.35. The molecule has 1 aliphatic rings. The summed E-state index contributed by atoms with van der Waals surface area (Å²) < 4.78 is 66.6. The summed E-state index contributed by atoms with van der Waals surface area (Å²) in [4.78, 5) is 19.3. The van der Waals surface area contributed by atoms with Gasteiger partial charge in [-0.05, 0) is 47.9 Å². The Morgan fingerprint density at radius 1 is 1.14 bits per heavy atom. The third-order valence-corrected chi connectivity index (χ3v) is 5.68. The molecule has 1 aliphatic heterocycles. The molecule has 13 heteroatoms. The number of alkyl halides is 3. The second-order valence-electron chi connectivity index (χ2n) is 8.06. The third-order valence-electron chi connectivity index (χ3n) is 5.09. The monoisotopic (exact) mass is 506 g/mol. The van der Waals surface area contributed by atoms with Gasteiger partial charge in [-0.15, -0.1) is 0 Å². The highest BCUT2D eigenvalue weighted by atomic mass is 32.2. The lowest BCUT2D eigenvalue weighted by Gasteiger charge is -2.17. The fraction of sp³-hybridized carbons (Fsp3) is 0.227. The number of carbonyl (C=O) groups excluding carboxylic acids is 1. The van der Waals surface area contributed by atoms with Crippen LogP contribution in [0, 0.1) is 6.92 Å². The second kappa shape index (κ2) is 9.06. The van der Waals surface area contributed by atoms with Crippen LogP contribution in [0.4, 0.5) is 42.0 Å². The fourth-order valence-corrected chi connectivity index (χ4v) is 4.13. The zero-order valence-electron chi connectivity index (χ0n) is 18.6. The number of anilines is 5. The molecule has 35 heavy (non-hydrogen) atoms. The Morgan fingerprint density at radius 2 is 1.91 bits per heavy atom. The standard InChI is InChI=1S/C22H21F3N6O3S/c1-12-3-4-13(18(7-12)31-35(2,33)34)10-26-20-16(22(23,24)25)11-27-21(30-20)28-15-5-6-17-14(8-15)9-19(32)29-17/h3-8,11,31H,9-10H2,1-2H3,(H,29,32)(H2,26,27,28,30). The average Bonchev–Trinajstić information content (AvgIpc) is 3.10. The molecule has 4 N–H and O–H groups in total. The minimum atomic E-state index is -4.72. The molecule has 0 saturated heterocycles. The molecule has 9 nitrogen and oxygen atoms in total. The van der Waals surface area contributed by atoms with E-state index in [1.54, 1.807) is 43.3 Å². The minimum Gasteiger partial charge on any atom is -0.365 e. The number of aryl methyl sites for hydroxylation is 1. The number of carbonyl (C=O) groups is 1. The van der Waals surface area contributed by atoms with Crippen LogP contribution in [0.15, 0.2) is 42.6 Å². The molecule has 0 fully saturated rings. The van der Waals surface area contributed by atoms with Crippen molar-refractivity contribution in [3.8, 4) is 0 Å². The number of nitrogens with one attached hydrogen (secondary N) is 4. The van der Waals surface area contributed by atoms with Gasteiger partial charge in [0, 0.05) is 24.1 Å². The van der Waals surface area contributed by atoms with Gasteiger partial charge in [0.05, 0.1) is 18.4 Å². The molecule has 0 aliphatic carbocycles. The Hall–Kier alpha value is -3.87. The van der Waals surface area contributed by atoms with Gasteiger partial charge < -0.3 is 16.0 Å². The average molecular weight is 507 g/mol. The van der Waals surface area contributed by atoms with Crippen LogP contribution < -0.4 is 20.7 Å². The number of hydrogen-bond acceptors (Lipinski definition) is 7. The lowest BCUT2D eigenvalue weighted by Crippen LogP contribution is -2.16. The lowest BCUT2D eigenvalue weighted by molar-refractivity contribution is -0.137. The Labute approximate surface area is 199 Å². The Bertz CT molecular complexity index is 1410. The van der Waals surface area contributed by atoms with Crippen molar-refractivity contribution in [3.05, 3.63) is 64.8 Å². The van der Waals surface area contributed by atoms with Gasteiger partial charge in [0.15, 0.2) is 0 Å². The van der Waals surface area contributed by atoms with Crippen LogP contribution >= 0.6 is 0 Å². The van der Waals surface area contributed by atoms with Crippen molar-refractivity contribution >= 4 is 44.8 Å². The predicted molar refractivity (Wildman–Crippen MR) is 126 cm³/mol. The second-order valence-corrected chi connectivity index (χ2v) is 9.81. The Kier molecular flexibility index (Phi) is 6.28. The number of fused-ring (bicyclic) bond motifs is 1. The summed E-state index contributed by atoms with van der Waals surface area (Å²) in [5.74, 6) is -0.703. The van der Waals surface area contributed by atoms with Gasteiger partial charge in [0.1, 0.15) is 11.4 Å². The summed E-state index contributed by atoms with van der Waals surface area (Å²) in [6.45, 7) is 1.63. The molecule has 2 heterocycles. The molecular weight excluding hydrogens is 485 g/mol. The maximum absolute atomic E-state index is 13.6. The van der Waals surface area contributed by atoms with Gasteiger partial charge >= 0.3 is 6.18 Å². The number of benzene rings is 2. The van der Waals surface area contributed by atoms with E-state index in [2.05, 4.69) is 30.6 Å². The maximum atomic E-state index is 13.6. The van der Waals surface area contributed by atoms with Gasteiger partial charge in [-0.1, -0.05) is 12.1 Å². The molecule has 1 amide bonds. The summed E-state index contributed by atoms with van der Waals surface area (Å²) in [7, 11) is -3.60. The maximum Gasteiger partial charge on any atom is 0.421 e. The van der Waals surface area contributed by atoms with E-state index in [1.165, 1.54) is 0 Å². The van der Waals surface area contributed by atoms with Crippen molar-refractivity contribution < 1.29 is 26.4 Å². The van der Waals surface area contributed by atoms with Gasteiger partial charge in [-0.25, -0.2) is 13.4 Å². The molecule has 0 radical (unpaired) electrons. The number of halogens is 3. The number of nitrogens with zero attached hydrogens (tertiary/aromatic N) is 2. The first-order valence-electron chi connectivity index (χ1n) is 10.3. The van der Waals surface area contributed by atoms with E-state index in [-0.39, 0.29) is 30.5 Å². The molecule has 3 aromatic rings. The van der Waals surface area contributed by atoms with Crippen molar-refractivity contribution in [3.63, 3.8) is 0 Å². The lowest BCUT2D eigenvalue weighted by atomic mass is 10.1. The minimum absolute atomic E-state index is 0.0869. The van der Waals surface area contributed by atoms with Crippen LogP contribution in [0.25, 0.3) is 0 Å². The van der Waals surface area contributed by atoms with E-state index < -0.39 is 27.6 Å². The van der Waals surface area contributed by atoms with Crippen LogP contribution in [0.2, 0.25) is 0 Å². The highest BCUT2D eigenvalue weighted by molar-refractivity contribution is 7.92. The molecular formula is C22H21F3N6O3S. The van der Waals surface area contributed by atoms with E-state index in [1.807, 2.05) is 0 Å². The van der Waals surface area contributed by atoms with Crippen LogP contribution in [0.5, 0.6) is 0 Å². The SMILES string of the molecule is Cc1ccc(CNc2nc(Nc3ccc4c(c3)CC(=O)N4)ncc2C(F)(F)F)c(NS(C)(=O)=O)c1.